The molecule has 0 fully saturated rings. The average Bonchev–Trinajstić information content (AvgIpc) is 2.23. The number of anilines is 2. The van der Waals surface area contributed by atoms with Gasteiger partial charge in [0.15, 0.2) is 0 Å². The first kappa shape index (κ1) is 11.0. The number of nitrogens with zero attached hydrogens (tertiary/aromatic N) is 2. The van der Waals surface area contributed by atoms with Crippen LogP contribution in [-0.4, -0.2) is 32.2 Å². The van der Waals surface area contributed by atoms with Gasteiger partial charge in [0.25, 0.3) is 0 Å². The summed E-state index contributed by atoms with van der Waals surface area (Å²) >= 11 is 0. The maximum atomic E-state index is 6.18. The molecule has 0 saturated heterocycles. The number of benzene rings is 1. The molecular formula is C13H19N3. The van der Waals surface area contributed by atoms with Crippen molar-refractivity contribution in [2.24, 2.45) is 0 Å². The summed E-state index contributed by atoms with van der Waals surface area (Å²) in [6.07, 6.45) is 4.33. The van der Waals surface area contributed by atoms with E-state index in [-0.39, 0.29) is 0 Å². The van der Waals surface area contributed by atoms with Gasteiger partial charge in [-0.05, 0) is 32.1 Å². The standard InChI is InChI=1S/C13H19N3/c1-10-6-7-11-5-4-8-16(9-15(2)3)13(11)12(10)14/h4-7H,8-9,14H2,1-3H3. The second kappa shape index (κ2) is 4.18. The van der Waals surface area contributed by atoms with Gasteiger partial charge < -0.3 is 10.6 Å². The fourth-order valence-corrected chi connectivity index (χ4v) is 2.08. The summed E-state index contributed by atoms with van der Waals surface area (Å²) in [5.41, 5.74) is 10.6. The van der Waals surface area contributed by atoms with Crippen molar-refractivity contribution >= 4 is 17.5 Å². The third-order valence-corrected chi connectivity index (χ3v) is 2.86. The summed E-state index contributed by atoms with van der Waals surface area (Å²) in [7, 11) is 4.15. The second-order valence-corrected chi connectivity index (χ2v) is 4.58. The molecule has 1 aliphatic rings. The lowest BCUT2D eigenvalue weighted by Gasteiger charge is -2.32. The van der Waals surface area contributed by atoms with Crippen LogP contribution in [0.4, 0.5) is 11.4 Å². The lowest BCUT2D eigenvalue weighted by molar-refractivity contribution is 0.407. The Labute approximate surface area is 97.2 Å². The smallest absolute Gasteiger partial charge is 0.0706 e. The molecule has 1 aromatic rings. The quantitative estimate of drug-likeness (QED) is 0.768. The fourth-order valence-electron chi connectivity index (χ4n) is 2.08. The molecular weight excluding hydrogens is 198 g/mol. The predicted molar refractivity (Wildman–Crippen MR) is 70.5 cm³/mol. The molecule has 3 heteroatoms. The summed E-state index contributed by atoms with van der Waals surface area (Å²) in [5.74, 6) is 0. The summed E-state index contributed by atoms with van der Waals surface area (Å²) < 4.78 is 0. The molecule has 1 aromatic carbocycles. The van der Waals surface area contributed by atoms with E-state index in [9.17, 15) is 0 Å². The highest BCUT2D eigenvalue weighted by Gasteiger charge is 2.17. The first-order chi connectivity index (χ1) is 7.59. The van der Waals surface area contributed by atoms with Gasteiger partial charge in [-0.1, -0.05) is 24.3 Å². The molecule has 0 spiro atoms. The van der Waals surface area contributed by atoms with Crippen molar-refractivity contribution in [3.8, 4) is 0 Å². The van der Waals surface area contributed by atoms with Gasteiger partial charge >= 0.3 is 0 Å². The van der Waals surface area contributed by atoms with Gasteiger partial charge in [0.1, 0.15) is 0 Å². The van der Waals surface area contributed by atoms with E-state index in [4.69, 9.17) is 5.73 Å². The lowest BCUT2D eigenvalue weighted by Crippen LogP contribution is -2.35. The minimum atomic E-state index is 0.894. The third kappa shape index (κ3) is 1.91. The maximum Gasteiger partial charge on any atom is 0.0706 e. The largest absolute Gasteiger partial charge is 0.397 e. The first-order valence-corrected chi connectivity index (χ1v) is 5.55. The molecule has 3 nitrogen and oxygen atoms in total. The van der Waals surface area contributed by atoms with E-state index in [1.165, 1.54) is 11.3 Å². The maximum absolute atomic E-state index is 6.18. The zero-order chi connectivity index (χ0) is 11.7. The van der Waals surface area contributed by atoms with Crippen LogP contribution in [0.15, 0.2) is 18.2 Å². The highest BCUT2D eigenvalue weighted by atomic mass is 15.3. The van der Waals surface area contributed by atoms with E-state index < -0.39 is 0 Å². The summed E-state index contributed by atoms with van der Waals surface area (Å²) in [6, 6.07) is 4.22. The van der Waals surface area contributed by atoms with Crippen LogP contribution in [0.2, 0.25) is 0 Å². The van der Waals surface area contributed by atoms with Crippen LogP contribution in [0.3, 0.4) is 0 Å². The Morgan fingerprint density at radius 3 is 2.81 bits per heavy atom. The van der Waals surface area contributed by atoms with E-state index in [2.05, 4.69) is 55.1 Å². The van der Waals surface area contributed by atoms with E-state index in [0.29, 0.717) is 0 Å². The van der Waals surface area contributed by atoms with Crippen LogP contribution in [0.25, 0.3) is 6.08 Å². The Morgan fingerprint density at radius 2 is 2.12 bits per heavy atom. The molecule has 0 atom stereocenters. The van der Waals surface area contributed by atoms with Crippen molar-refractivity contribution < 1.29 is 0 Å². The van der Waals surface area contributed by atoms with Crippen LogP contribution >= 0.6 is 0 Å². The average molecular weight is 217 g/mol. The molecule has 2 rings (SSSR count). The highest BCUT2D eigenvalue weighted by Crippen LogP contribution is 2.34. The molecule has 0 unspecified atom stereocenters. The van der Waals surface area contributed by atoms with Gasteiger partial charge in [-0.15, -0.1) is 0 Å². The predicted octanol–water partition coefficient (Wildman–Crippen LogP) is 1.93. The Balaban J connectivity index is 2.44. The Kier molecular flexibility index (Phi) is 2.88. The topological polar surface area (TPSA) is 32.5 Å². The Morgan fingerprint density at radius 1 is 1.38 bits per heavy atom. The monoisotopic (exact) mass is 217 g/mol. The summed E-state index contributed by atoms with van der Waals surface area (Å²) in [5, 5.41) is 0. The number of hydrogen-bond donors (Lipinski definition) is 1. The van der Waals surface area contributed by atoms with Crippen LogP contribution in [0.5, 0.6) is 0 Å². The second-order valence-electron chi connectivity index (χ2n) is 4.58. The van der Waals surface area contributed by atoms with Gasteiger partial charge in [-0.3, -0.25) is 4.90 Å². The number of nitrogens with two attached hydrogens (primary N) is 1. The lowest BCUT2D eigenvalue weighted by atomic mass is 10.0. The Hall–Kier alpha value is -1.48. The SMILES string of the molecule is Cc1ccc2c(c1N)N(CN(C)C)CC=C2. The molecule has 16 heavy (non-hydrogen) atoms. The van der Waals surface area contributed by atoms with Gasteiger partial charge in [0.05, 0.1) is 18.0 Å². The molecule has 1 heterocycles. The zero-order valence-electron chi connectivity index (χ0n) is 10.2. The molecule has 0 saturated carbocycles. The molecule has 0 amide bonds. The van der Waals surface area contributed by atoms with Gasteiger partial charge in [0.2, 0.25) is 0 Å². The fraction of sp³-hybridized carbons (Fsp3) is 0.385. The van der Waals surface area contributed by atoms with Crippen molar-refractivity contribution in [2.45, 2.75) is 6.92 Å². The van der Waals surface area contributed by atoms with Crippen LogP contribution in [0.1, 0.15) is 11.1 Å². The summed E-state index contributed by atoms with van der Waals surface area (Å²) in [6.45, 7) is 3.88. The number of hydrogen-bond acceptors (Lipinski definition) is 3. The van der Waals surface area contributed by atoms with Crippen LogP contribution in [0, 0.1) is 6.92 Å². The number of fused-ring (bicyclic) bond motifs is 1. The van der Waals surface area contributed by atoms with Crippen molar-refractivity contribution in [3.63, 3.8) is 0 Å². The number of nitrogen functional groups attached to an aromatic ring is 1. The minimum absolute atomic E-state index is 0.894. The molecule has 86 valence electrons. The highest BCUT2D eigenvalue weighted by molar-refractivity contribution is 5.83. The van der Waals surface area contributed by atoms with E-state index in [1.807, 2.05) is 0 Å². The van der Waals surface area contributed by atoms with Gasteiger partial charge in [0, 0.05) is 6.54 Å². The molecule has 0 bridgehead atoms. The molecule has 0 aromatic heterocycles. The normalized spacial score (nSPS) is 14.4. The summed E-state index contributed by atoms with van der Waals surface area (Å²) in [4.78, 5) is 4.46. The zero-order valence-corrected chi connectivity index (χ0v) is 10.2. The van der Waals surface area contributed by atoms with Crippen molar-refractivity contribution in [2.75, 3.05) is 37.9 Å². The molecule has 0 aliphatic carbocycles. The minimum Gasteiger partial charge on any atom is -0.397 e. The van der Waals surface area contributed by atoms with Crippen LogP contribution < -0.4 is 10.6 Å². The molecule has 0 radical (unpaired) electrons. The Bertz CT molecular complexity index is 421. The van der Waals surface area contributed by atoms with Crippen molar-refractivity contribution in [3.05, 3.63) is 29.3 Å². The van der Waals surface area contributed by atoms with E-state index >= 15 is 0 Å². The number of aryl methyl sites for hydroxylation is 1. The molecule has 2 N–H and O–H groups in total. The first-order valence-electron chi connectivity index (χ1n) is 5.55. The van der Waals surface area contributed by atoms with Crippen molar-refractivity contribution in [1.29, 1.82) is 0 Å². The number of rotatable bonds is 2. The van der Waals surface area contributed by atoms with Gasteiger partial charge in [-0.25, -0.2) is 0 Å². The van der Waals surface area contributed by atoms with E-state index in [0.717, 1.165) is 24.5 Å². The third-order valence-electron chi connectivity index (χ3n) is 2.86. The van der Waals surface area contributed by atoms with E-state index in [1.54, 1.807) is 0 Å². The van der Waals surface area contributed by atoms with Crippen molar-refractivity contribution in [1.82, 2.24) is 4.90 Å². The van der Waals surface area contributed by atoms with Crippen LogP contribution in [-0.2, 0) is 0 Å². The molecule has 1 aliphatic heterocycles. The van der Waals surface area contributed by atoms with Gasteiger partial charge in [-0.2, -0.15) is 0 Å².